The third-order valence-corrected chi connectivity index (χ3v) is 7.79. The van der Waals surface area contributed by atoms with Crippen molar-refractivity contribution in [2.45, 2.75) is 49.0 Å². The van der Waals surface area contributed by atoms with Gasteiger partial charge in [-0.15, -0.1) is 11.3 Å². The Bertz CT molecular complexity index is 840. The Morgan fingerprint density at radius 1 is 1.24 bits per heavy atom. The number of halogens is 1. The number of benzene rings is 1. The van der Waals surface area contributed by atoms with Crippen molar-refractivity contribution in [1.29, 1.82) is 0 Å². The number of aliphatic hydroxyl groups excluding tert-OH is 1. The molecule has 25 heavy (non-hydrogen) atoms. The quantitative estimate of drug-likeness (QED) is 0.799. The first-order valence-electron chi connectivity index (χ1n) is 8.37. The van der Waals surface area contributed by atoms with E-state index in [4.69, 9.17) is 0 Å². The summed E-state index contributed by atoms with van der Waals surface area (Å²) in [5, 5.41) is 9.76. The Morgan fingerprint density at radius 3 is 2.52 bits per heavy atom. The lowest BCUT2D eigenvalue weighted by atomic mass is 9.85. The largest absolute Gasteiger partial charge is 0.388 e. The maximum atomic E-state index is 13.9. The van der Waals surface area contributed by atoms with Gasteiger partial charge in [0.25, 0.3) is 0 Å². The molecule has 0 amide bonds. The van der Waals surface area contributed by atoms with E-state index < -0.39 is 21.9 Å². The van der Waals surface area contributed by atoms with Crippen LogP contribution in [0.4, 0.5) is 4.39 Å². The first kappa shape index (κ1) is 18.5. The van der Waals surface area contributed by atoms with Gasteiger partial charge in [0.05, 0.1) is 6.10 Å². The molecule has 1 aromatic carbocycles. The van der Waals surface area contributed by atoms with E-state index in [0.29, 0.717) is 0 Å². The normalized spacial score (nSPS) is 18.4. The molecule has 2 N–H and O–H groups in total. The molecule has 1 atom stereocenters. The van der Waals surface area contributed by atoms with Gasteiger partial charge >= 0.3 is 0 Å². The summed E-state index contributed by atoms with van der Waals surface area (Å²) >= 11 is 1.53. The summed E-state index contributed by atoms with van der Waals surface area (Å²) in [4.78, 5) is 1.63. The molecule has 0 aliphatic heterocycles. The minimum Gasteiger partial charge on any atom is -0.388 e. The molecule has 1 fully saturated rings. The Kier molecular flexibility index (Phi) is 5.29. The van der Waals surface area contributed by atoms with Gasteiger partial charge in [-0.1, -0.05) is 25.0 Å². The van der Waals surface area contributed by atoms with Crippen LogP contribution in [0.25, 0.3) is 0 Å². The monoisotopic (exact) mass is 383 g/mol. The molecule has 1 aromatic heterocycles. The molecule has 136 valence electrons. The summed E-state index contributed by atoms with van der Waals surface area (Å²) < 4.78 is 41.5. The standard InChI is InChI=1S/C18H22FNO3S2/c1-13(21)15-8-9-17(24-15)18(10-4-5-11-18)12-20-25(22,23)16-7-3-2-6-14(16)19/h2-3,6-9,13,20-21H,4-5,10-12H2,1H3/t13-/m0/s1. The van der Waals surface area contributed by atoms with Crippen molar-refractivity contribution >= 4 is 21.4 Å². The van der Waals surface area contributed by atoms with E-state index in [1.165, 1.54) is 29.5 Å². The number of rotatable bonds is 6. The van der Waals surface area contributed by atoms with Crippen LogP contribution in [-0.4, -0.2) is 20.1 Å². The van der Waals surface area contributed by atoms with Gasteiger partial charge in [-0.2, -0.15) is 0 Å². The Labute approximate surface area is 151 Å². The molecule has 0 saturated heterocycles. The number of hydrogen-bond donors (Lipinski definition) is 2. The lowest BCUT2D eigenvalue weighted by Crippen LogP contribution is -2.38. The molecule has 1 aliphatic rings. The number of nitrogens with one attached hydrogen (secondary N) is 1. The molecule has 2 aromatic rings. The summed E-state index contributed by atoms with van der Waals surface area (Å²) in [6.07, 6.45) is 3.29. The zero-order valence-corrected chi connectivity index (χ0v) is 15.7. The van der Waals surface area contributed by atoms with Crippen molar-refractivity contribution in [3.8, 4) is 0 Å². The van der Waals surface area contributed by atoms with Crippen LogP contribution in [0, 0.1) is 5.82 Å². The molecule has 1 saturated carbocycles. The topological polar surface area (TPSA) is 66.4 Å². The maximum absolute atomic E-state index is 13.9. The molecular formula is C18H22FNO3S2. The number of sulfonamides is 1. The van der Waals surface area contributed by atoms with Gasteiger partial charge in [0.1, 0.15) is 10.7 Å². The Hall–Kier alpha value is -1.28. The van der Waals surface area contributed by atoms with E-state index in [1.54, 1.807) is 6.92 Å². The van der Waals surface area contributed by atoms with E-state index in [2.05, 4.69) is 4.72 Å². The van der Waals surface area contributed by atoms with Crippen molar-refractivity contribution in [2.24, 2.45) is 0 Å². The summed E-state index contributed by atoms with van der Waals surface area (Å²) in [7, 11) is -3.90. The molecule has 7 heteroatoms. The van der Waals surface area contributed by atoms with Gasteiger partial charge in [0, 0.05) is 21.7 Å². The fourth-order valence-electron chi connectivity index (χ4n) is 3.40. The molecule has 1 aliphatic carbocycles. The average molecular weight is 384 g/mol. The van der Waals surface area contributed by atoms with Crippen LogP contribution in [0.5, 0.6) is 0 Å². The molecule has 0 bridgehead atoms. The van der Waals surface area contributed by atoms with Gasteiger partial charge in [0.2, 0.25) is 10.0 Å². The fraction of sp³-hybridized carbons (Fsp3) is 0.444. The van der Waals surface area contributed by atoms with Crippen LogP contribution in [-0.2, 0) is 15.4 Å². The van der Waals surface area contributed by atoms with Gasteiger partial charge in [0.15, 0.2) is 0 Å². The third kappa shape index (κ3) is 3.79. The first-order valence-corrected chi connectivity index (χ1v) is 10.7. The van der Waals surface area contributed by atoms with Gasteiger partial charge < -0.3 is 5.11 Å². The van der Waals surface area contributed by atoms with E-state index in [0.717, 1.165) is 41.5 Å². The van der Waals surface area contributed by atoms with Crippen molar-refractivity contribution in [3.63, 3.8) is 0 Å². The third-order valence-electron chi connectivity index (χ3n) is 4.85. The van der Waals surface area contributed by atoms with Crippen LogP contribution in [0.15, 0.2) is 41.3 Å². The van der Waals surface area contributed by atoms with E-state index >= 15 is 0 Å². The smallest absolute Gasteiger partial charge is 0.243 e. The molecule has 0 spiro atoms. The second-order valence-electron chi connectivity index (χ2n) is 6.62. The predicted octanol–water partition coefficient (Wildman–Crippen LogP) is 3.73. The highest BCUT2D eigenvalue weighted by atomic mass is 32.2. The Balaban J connectivity index is 1.84. The highest BCUT2D eigenvalue weighted by molar-refractivity contribution is 7.89. The maximum Gasteiger partial charge on any atom is 0.243 e. The SMILES string of the molecule is C[C@H](O)c1ccc(C2(CNS(=O)(=O)c3ccccc3F)CCCC2)s1. The molecule has 3 rings (SSSR count). The van der Waals surface area contributed by atoms with Crippen molar-refractivity contribution in [1.82, 2.24) is 4.72 Å². The van der Waals surface area contributed by atoms with Gasteiger partial charge in [-0.25, -0.2) is 17.5 Å². The summed E-state index contributed by atoms with van der Waals surface area (Å²) in [6, 6.07) is 9.28. The summed E-state index contributed by atoms with van der Waals surface area (Å²) in [5.74, 6) is -0.747. The molecule has 0 unspecified atom stereocenters. The zero-order valence-electron chi connectivity index (χ0n) is 14.0. The summed E-state index contributed by atoms with van der Waals surface area (Å²) in [5.41, 5.74) is -0.282. The second kappa shape index (κ2) is 7.15. The van der Waals surface area contributed by atoms with Crippen LogP contribution in [0.3, 0.4) is 0 Å². The Morgan fingerprint density at radius 2 is 1.92 bits per heavy atom. The summed E-state index contributed by atoms with van der Waals surface area (Å²) in [6.45, 7) is 1.96. The van der Waals surface area contributed by atoms with Gasteiger partial charge in [-0.05, 0) is 44.0 Å². The van der Waals surface area contributed by atoms with Crippen molar-refractivity contribution in [2.75, 3.05) is 6.54 Å². The van der Waals surface area contributed by atoms with Crippen molar-refractivity contribution < 1.29 is 17.9 Å². The molecule has 1 heterocycles. The van der Waals surface area contributed by atoms with Crippen LogP contribution >= 0.6 is 11.3 Å². The minimum absolute atomic E-state index is 0.240. The van der Waals surface area contributed by atoms with Crippen molar-refractivity contribution in [3.05, 3.63) is 52.0 Å². The van der Waals surface area contributed by atoms with E-state index in [1.807, 2.05) is 12.1 Å². The molecule has 0 radical (unpaired) electrons. The lowest BCUT2D eigenvalue weighted by Gasteiger charge is -2.28. The second-order valence-corrected chi connectivity index (χ2v) is 9.47. The highest BCUT2D eigenvalue weighted by Crippen LogP contribution is 2.44. The van der Waals surface area contributed by atoms with E-state index in [9.17, 15) is 17.9 Å². The lowest BCUT2D eigenvalue weighted by molar-refractivity contribution is 0.203. The number of thiophene rings is 1. The molecular weight excluding hydrogens is 361 g/mol. The fourth-order valence-corrected chi connectivity index (χ4v) is 5.79. The van der Waals surface area contributed by atoms with Crippen LogP contribution in [0.1, 0.15) is 48.5 Å². The first-order chi connectivity index (χ1) is 11.8. The predicted molar refractivity (Wildman–Crippen MR) is 96.7 cm³/mol. The minimum atomic E-state index is -3.90. The number of aliphatic hydroxyl groups is 1. The van der Waals surface area contributed by atoms with Gasteiger partial charge in [-0.3, -0.25) is 0 Å². The zero-order chi connectivity index (χ0) is 18.1. The van der Waals surface area contributed by atoms with Crippen LogP contribution in [0.2, 0.25) is 0 Å². The van der Waals surface area contributed by atoms with E-state index in [-0.39, 0.29) is 16.9 Å². The molecule has 4 nitrogen and oxygen atoms in total. The number of hydrogen-bond acceptors (Lipinski definition) is 4. The van der Waals surface area contributed by atoms with Crippen LogP contribution < -0.4 is 4.72 Å². The highest BCUT2D eigenvalue weighted by Gasteiger charge is 2.38. The average Bonchev–Trinajstić information content (AvgIpc) is 3.23.